The Labute approximate surface area is 236 Å². The van der Waals surface area contributed by atoms with E-state index in [-0.39, 0.29) is 40.6 Å². The first-order valence-electron chi connectivity index (χ1n) is 13.7. The number of ketones is 2. The summed E-state index contributed by atoms with van der Waals surface area (Å²) in [5, 5.41) is 10.5. The van der Waals surface area contributed by atoms with Crippen molar-refractivity contribution in [3.63, 3.8) is 0 Å². The van der Waals surface area contributed by atoms with Gasteiger partial charge >= 0.3 is 5.97 Å². The lowest BCUT2D eigenvalue weighted by atomic mass is 9.63. The highest BCUT2D eigenvalue weighted by atomic mass is 16.5. The van der Waals surface area contributed by atoms with Crippen molar-refractivity contribution in [1.29, 1.82) is 5.26 Å². The lowest BCUT2D eigenvalue weighted by molar-refractivity contribution is -0.142. The molecule has 2 heterocycles. The van der Waals surface area contributed by atoms with E-state index in [2.05, 4.69) is 0 Å². The fraction of sp³-hybridized carbons (Fsp3) is 0.281. The van der Waals surface area contributed by atoms with E-state index in [1.807, 2.05) is 6.07 Å². The molecule has 2 aliphatic carbocycles. The molecular formula is C32H27N3O6. The molecule has 9 nitrogen and oxygen atoms in total. The quantitative estimate of drug-likeness (QED) is 0.560. The number of rotatable bonds is 4. The molecule has 206 valence electrons. The number of carbonyl (C=O) groups excluding carboxylic acids is 4. The lowest BCUT2D eigenvalue weighted by Crippen LogP contribution is -2.50. The van der Waals surface area contributed by atoms with Crippen LogP contribution < -0.4 is 5.73 Å². The zero-order valence-corrected chi connectivity index (χ0v) is 22.4. The average Bonchev–Trinajstić information content (AvgIpc) is 3.25. The zero-order valence-electron chi connectivity index (χ0n) is 22.4. The summed E-state index contributed by atoms with van der Waals surface area (Å²) in [6, 6.07) is 16.7. The van der Waals surface area contributed by atoms with E-state index in [1.165, 1.54) is 12.1 Å². The Bertz CT molecular complexity index is 1660. The molecule has 2 N–H and O–H groups in total. The first-order chi connectivity index (χ1) is 19.9. The third kappa shape index (κ3) is 3.60. The van der Waals surface area contributed by atoms with Gasteiger partial charge in [-0.15, -0.1) is 0 Å². The number of fused-ring (bicyclic) bond motifs is 2. The second kappa shape index (κ2) is 9.89. The van der Waals surface area contributed by atoms with Crippen LogP contribution in [0.15, 0.2) is 83.0 Å². The molecule has 0 bridgehead atoms. The molecule has 9 heteroatoms. The van der Waals surface area contributed by atoms with E-state index in [0.29, 0.717) is 18.4 Å². The third-order valence-electron chi connectivity index (χ3n) is 8.26. The van der Waals surface area contributed by atoms with Crippen LogP contribution >= 0.6 is 0 Å². The number of hydrogen-bond acceptors (Lipinski definition) is 8. The Hall–Kier alpha value is -4.97. The molecule has 0 saturated heterocycles. The number of hydrogen-bond donors (Lipinski definition) is 1. The highest BCUT2D eigenvalue weighted by Gasteiger charge is 2.67. The number of Topliss-reactive ketones (excluding diaryl/α,β-unsaturated/α-hetero) is 2. The van der Waals surface area contributed by atoms with E-state index in [4.69, 9.17) is 15.2 Å². The van der Waals surface area contributed by atoms with Gasteiger partial charge in [0.25, 0.3) is 0 Å². The number of esters is 1. The van der Waals surface area contributed by atoms with Gasteiger partial charge in [0, 0.05) is 17.2 Å². The Morgan fingerprint density at radius 2 is 1.66 bits per heavy atom. The van der Waals surface area contributed by atoms with Gasteiger partial charge in [-0.1, -0.05) is 73.9 Å². The fourth-order valence-electron chi connectivity index (χ4n) is 6.57. The Morgan fingerprint density at radius 3 is 2.29 bits per heavy atom. The van der Waals surface area contributed by atoms with Gasteiger partial charge in [0.15, 0.2) is 17.0 Å². The van der Waals surface area contributed by atoms with Gasteiger partial charge in [-0.3, -0.25) is 14.4 Å². The number of nitrogens with two attached hydrogens (primary N) is 1. The van der Waals surface area contributed by atoms with Crippen LogP contribution in [0.5, 0.6) is 0 Å². The van der Waals surface area contributed by atoms with Crippen LogP contribution in [0.25, 0.3) is 5.70 Å². The van der Waals surface area contributed by atoms with Crippen molar-refractivity contribution in [2.24, 2.45) is 11.1 Å². The summed E-state index contributed by atoms with van der Waals surface area (Å²) in [5.74, 6) is -3.90. The zero-order chi connectivity index (χ0) is 28.9. The molecule has 1 fully saturated rings. The molecule has 2 aromatic carbocycles. The molecule has 4 aliphatic rings. The molecule has 1 spiro atoms. The molecule has 1 saturated carbocycles. The van der Waals surface area contributed by atoms with Crippen LogP contribution in [-0.2, 0) is 19.1 Å². The molecule has 1 atom stereocenters. The van der Waals surface area contributed by atoms with Crippen molar-refractivity contribution in [2.75, 3.05) is 6.61 Å². The van der Waals surface area contributed by atoms with Gasteiger partial charge in [0.2, 0.25) is 17.6 Å². The topological polar surface area (TPSA) is 140 Å². The summed E-state index contributed by atoms with van der Waals surface area (Å²) in [4.78, 5) is 58.8. The van der Waals surface area contributed by atoms with Crippen LogP contribution in [0.4, 0.5) is 0 Å². The summed E-state index contributed by atoms with van der Waals surface area (Å²) in [5.41, 5.74) is 3.84. The maximum atomic E-state index is 15.1. The van der Waals surface area contributed by atoms with Gasteiger partial charge in [-0.05, 0) is 25.3 Å². The molecule has 1 unspecified atom stereocenters. The van der Waals surface area contributed by atoms with E-state index in [1.54, 1.807) is 54.3 Å². The van der Waals surface area contributed by atoms with Gasteiger partial charge < -0.3 is 20.1 Å². The molecule has 0 radical (unpaired) electrons. The Kier molecular flexibility index (Phi) is 6.34. The van der Waals surface area contributed by atoms with Crippen molar-refractivity contribution >= 4 is 29.1 Å². The molecule has 2 aliphatic heterocycles. The largest absolute Gasteiger partial charge is 0.463 e. The van der Waals surface area contributed by atoms with Crippen LogP contribution in [-0.4, -0.2) is 41.0 Å². The van der Waals surface area contributed by atoms with Crippen LogP contribution in [0, 0.1) is 16.7 Å². The van der Waals surface area contributed by atoms with E-state index >= 15 is 4.79 Å². The van der Waals surface area contributed by atoms with Crippen LogP contribution in [0.3, 0.4) is 0 Å². The number of ether oxygens (including phenoxy) is 2. The van der Waals surface area contributed by atoms with Gasteiger partial charge in [-0.25, -0.2) is 4.79 Å². The maximum Gasteiger partial charge on any atom is 0.337 e. The van der Waals surface area contributed by atoms with Gasteiger partial charge in [-0.2, -0.15) is 5.26 Å². The Balaban J connectivity index is 1.76. The minimum absolute atomic E-state index is 0.0305. The summed E-state index contributed by atoms with van der Waals surface area (Å²) in [6.45, 7) is 1.59. The third-order valence-corrected chi connectivity index (χ3v) is 8.26. The number of nitriles is 1. The number of nitrogens with zero attached hydrogens (tertiary/aromatic N) is 2. The monoisotopic (exact) mass is 549 g/mol. The van der Waals surface area contributed by atoms with Crippen LogP contribution in [0.1, 0.15) is 65.3 Å². The first-order valence-corrected chi connectivity index (χ1v) is 13.7. The fourth-order valence-corrected chi connectivity index (χ4v) is 6.57. The van der Waals surface area contributed by atoms with Crippen molar-refractivity contribution in [2.45, 2.75) is 45.1 Å². The standard InChI is InChI=1S/C32H27N3O6/c1-2-40-30(38)23-25(18-11-5-3-6-12-18)35(19-13-7-4-8-14-19)31(39)32(23)22(17-33)29(34)41-28-24(32)26(36)20-15-9-10-16-21(20)27(28)37/h3,5-6,9-12,15-16,19H,2,4,7-8,13-14,34H2,1H3. The number of carbonyl (C=O) groups is 4. The minimum atomic E-state index is -2.33. The molecule has 0 aromatic heterocycles. The molecule has 1 amide bonds. The highest BCUT2D eigenvalue weighted by Crippen LogP contribution is 2.59. The van der Waals surface area contributed by atoms with E-state index in [0.717, 1.165) is 19.3 Å². The second-order valence-corrected chi connectivity index (χ2v) is 10.4. The lowest BCUT2D eigenvalue weighted by Gasteiger charge is -2.39. The number of benzene rings is 2. The van der Waals surface area contributed by atoms with Crippen LogP contribution in [0.2, 0.25) is 0 Å². The predicted molar refractivity (Wildman–Crippen MR) is 146 cm³/mol. The molecular weight excluding hydrogens is 522 g/mol. The van der Waals surface area contributed by atoms with E-state index in [9.17, 15) is 19.6 Å². The highest BCUT2D eigenvalue weighted by molar-refractivity contribution is 6.32. The Morgan fingerprint density at radius 1 is 1.02 bits per heavy atom. The van der Waals surface area contributed by atoms with Crippen molar-refractivity contribution in [1.82, 2.24) is 4.90 Å². The number of amides is 1. The molecule has 2 aromatic rings. The summed E-state index contributed by atoms with van der Waals surface area (Å²) in [7, 11) is 0. The molecule has 41 heavy (non-hydrogen) atoms. The average molecular weight is 550 g/mol. The van der Waals surface area contributed by atoms with E-state index < -0.39 is 46.1 Å². The van der Waals surface area contributed by atoms with Crippen molar-refractivity contribution < 1.29 is 28.7 Å². The molecule has 6 rings (SSSR count). The smallest absolute Gasteiger partial charge is 0.337 e. The van der Waals surface area contributed by atoms with Gasteiger partial charge in [0.1, 0.15) is 11.6 Å². The van der Waals surface area contributed by atoms with Crippen molar-refractivity contribution in [3.05, 3.63) is 99.6 Å². The number of allylic oxidation sites excluding steroid dienone is 1. The van der Waals surface area contributed by atoms with Crippen molar-refractivity contribution in [3.8, 4) is 6.07 Å². The second-order valence-electron chi connectivity index (χ2n) is 10.4. The minimum Gasteiger partial charge on any atom is -0.463 e. The SMILES string of the molecule is CCOC(=O)C1=C(c2ccccc2)N(C2CCCCC2)C(=O)C12C(C#N)=C(N)OC1=C2C(=O)c2ccccc2C1=O. The summed E-state index contributed by atoms with van der Waals surface area (Å²) < 4.78 is 11.2. The predicted octanol–water partition coefficient (Wildman–Crippen LogP) is 4.18. The normalized spacial score (nSPS) is 22.5. The summed E-state index contributed by atoms with van der Waals surface area (Å²) >= 11 is 0. The maximum absolute atomic E-state index is 15.1. The van der Waals surface area contributed by atoms with Gasteiger partial charge in [0.05, 0.1) is 23.5 Å². The summed E-state index contributed by atoms with van der Waals surface area (Å²) in [6.07, 6.45) is 4.05. The first kappa shape index (κ1) is 26.3.